The summed E-state index contributed by atoms with van der Waals surface area (Å²) in [6.07, 6.45) is 2.84. The Labute approximate surface area is 183 Å². The molecule has 6 nitrogen and oxygen atoms in total. The lowest BCUT2D eigenvalue weighted by atomic mass is 10.1. The van der Waals surface area contributed by atoms with Crippen molar-refractivity contribution in [2.24, 2.45) is 0 Å². The third-order valence-corrected chi connectivity index (χ3v) is 4.94. The van der Waals surface area contributed by atoms with Gasteiger partial charge in [-0.2, -0.15) is 0 Å². The van der Waals surface area contributed by atoms with Gasteiger partial charge in [0.2, 0.25) is 0 Å². The molecule has 0 amide bonds. The molecule has 0 spiro atoms. The summed E-state index contributed by atoms with van der Waals surface area (Å²) in [5, 5.41) is 0. The van der Waals surface area contributed by atoms with Crippen molar-refractivity contribution >= 4 is 11.9 Å². The smallest absolute Gasteiger partial charge is 0.255 e. The molecule has 0 aliphatic carbocycles. The van der Waals surface area contributed by atoms with Crippen LogP contribution in [-0.4, -0.2) is 22.3 Å². The van der Waals surface area contributed by atoms with Crippen molar-refractivity contribution in [2.75, 3.05) is 12.3 Å². The maximum absolute atomic E-state index is 12.4. The Kier molecular flexibility index (Phi) is 8.58. The highest BCUT2D eigenvalue weighted by Crippen LogP contribution is 2.12. The van der Waals surface area contributed by atoms with E-state index >= 15 is 0 Å². The van der Waals surface area contributed by atoms with Crippen molar-refractivity contribution in [1.29, 1.82) is 0 Å². The van der Waals surface area contributed by atoms with Gasteiger partial charge in [-0.1, -0.05) is 67.2 Å². The van der Waals surface area contributed by atoms with Crippen LogP contribution < -0.4 is 11.3 Å². The van der Waals surface area contributed by atoms with Crippen molar-refractivity contribution in [2.45, 2.75) is 38.7 Å². The second-order valence-corrected chi connectivity index (χ2v) is 7.27. The van der Waals surface area contributed by atoms with Crippen LogP contribution in [0.2, 0.25) is 0 Å². The molecule has 2 aromatic carbocycles. The number of nitrogens with two attached hydrogens (primary N) is 1. The summed E-state index contributed by atoms with van der Waals surface area (Å²) in [6.45, 7) is 5.84. The first-order valence-electron chi connectivity index (χ1n) is 10.4. The van der Waals surface area contributed by atoms with Crippen LogP contribution in [0.4, 0.5) is 5.82 Å². The van der Waals surface area contributed by atoms with Crippen LogP contribution in [0.3, 0.4) is 0 Å². The SMILES string of the molecule is C=Cc1nc(N)cc(=O)n1CCC(CCOCc1ccccc1)OCc1ccccc1. The minimum Gasteiger partial charge on any atom is -0.383 e. The van der Waals surface area contributed by atoms with Crippen molar-refractivity contribution < 1.29 is 9.47 Å². The van der Waals surface area contributed by atoms with Gasteiger partial charge in [0.05, 0.1) is 19.3 Å². The van der Waals surface area contributed by atoms with Crippen LogP contribution >= 0.6 is 0 Å². The average Bonchev–Trinajstić information content (AvgIpc) is 2.79. The first kappa shape index (κ1) is 22.5. The molecule has 31 heavy (non-hydrogen) atoms. The molecule has 1 heterocycles. The zero-order valence-corrected chi connectivity index (χ0v) is 17.7. The van der Waals surface area contributed by atoms with Crippen LogP contribution in [0.5, 0.6) is 0 Å². The highest BCUT2D eigenvalue weighted by atomic mass is 16.5. The highest BCUT2D eigenvalue weighted by Gasteiger charge is 2.13. The second kappa shape index (κ2) is 11.8. The summed E-state index contributed by atoms with van der Waals surface area (Å²) in [5.41, 5.74) is 7.74. The quantitative estimate of drug-likeness (QED) is 0.448. The van der Waals surface area contributed by atoms with Gasteiger partial charge in [-0.3, -0.25) is 9.36 Å². The average molecular weight is 420 g/mol. The fraction of sp³-hybridized carbons (Fsp3) is 0.280. The van der Waals surface area contributed by atoms with Gasteiger partial charge in [0.15, 0.2) is 0 Å². The molecule has 0 bridgehead atoms. The third kappa shape index (κ3) is 7.20. The van der Waals surface area contributed by atoms with Gasteiger partial charge in [-0.25, -0.2) is 4.98 Å². The number of hydrogen-bond donors (Lipinski definition) is 1. The third-order valence-electron chi connectivity index (χ3n) is 4.94. The van der Waals surface area contributed by atoms with Gasteiger partial charge in [0.25, 0.3) is 5.56 Å². The van der Waals surface area contributed by atoms with Crippen LogP contribution in [0.25, 0.3) is 6.08 Å². The molecule has 0 saturated carbocycles. The number of hydrogen-bond acceptors (Lipinski definition) is 5. The van der Waals surface area contributed by atoms with Crippen molar-refractivity contribution in [3.05, 3.63) is 101 Å². The number of nitrogens with zero attached hydrogens (tertiary/aromatic N) is 2. The van der Waals surface area contributed by atoms with E-state index in [4.69, 9.17) is 15.2 Å². The maximum atomic E-state index is 12.4. The van der Waals surface area contributed by atoms with Gasteiger partial charge in [-0.05, 0) is 30.0 Å². The summed E-state index contributed by atoms with van der Waals surface area (Å²) >= 11 is 0. The summed E-state index contributed by atoms with van der Waals surface area (Å²) in [6, 6.07) is 21.4. The molecule has 3 aromatic rings. The van der Waals surface area contributed by atoms with E-state index in [1.807, 2.05) is 60.7 Å². The van der Waals surface area contributed by atoms with Gasteiger partial charge < -0.3 is 15.2 Å². The van der Waals surface area contributed by atoms with E-state index in [1.165, 1.54) is 6.07 Å². The molecule has 0 aliphatic rings. The van der Waals surface area contributed by atoms with E-state index in [0.717, 1.165) is 17.5 Å². The minimum absolute atomic E-state index is 0.0712. The lowest BCUT2D eigenvalue weighted by Gasteiger charge is -2.19. The van der Waals surface area contributed by atoms with Gasteiger partial charge in [-0.15, -0.1) is 0 Å². The Morgan fingerprint density at radius 3 is 2.29 bits per heavy atom. The van der Waals surface area contributed by atoms with Crippen molar-refractivity contribution in [1.82, 2.24) is 9.55 Å². The van der Waals surface area contributed by atoms with Crippen molar-refractivity contribution in [3.8, 4) is 0 Å². The molecule has 162 valence electrons. The molecule has 0 fully saturated rings. The predicted molar refractivity (Wildman–Crippen MR) is 123 cm³/mol. The van der Waals surface area contributed by atoms with Gasteiger partial charge in [0, 0.05) is 19.2 Å². The van der Waals surface area contributed by atoms with E-state index in [9.17, 15) is 4.79 Å². The molecule has 1 aromatic heterocycles. The summed E-state index contributed by atoms with van der Waals surface area (Å²) in [4.78, 5) is 16.5. The molecule has 1 unspecified atom stereocenters. The van der Waals surface area contributed by atoms with Gasteiger partial charge >= 0.3 is 0 Å². The van der Waals surface area contributed by atoms with E-state index < -0.39 is 0 Å². The molecule has 0 aliphatic heterocycles. The fourth-order valence-corrected chi connectivity index (χ4v) is 3.27. The molecule has 6 heteroatoms. The molecule has 2 N–H and O–H groups in total. The van der Waals surface area contributed by atoms with Crippen LogP contribution in [-0.2, 0) is 29.2 Å². The Balaban J connectivity index is 1.59. The Bertz CT molecular complexity index is 1000. The van der Waals surface area contributed by atoms with Crippen LogP contribution in [0, 0.1) is 0 Å². The highest BCUT2D eigenvalue weighted by molar-refractivity contribution is 5.41. The topological polar surface area (TPSA) is 79.4 Å². The molecular weight excluding hydrogens is 390 g/mol. The summed E-state index contributed by atoms with van der Waals surface area (Å²) < 4.78 is 13.6. The van der Waals surface area contributed by atoms with Crippen LogP contribution in [0.15, 0.2) is 78.1 Å². The monoisotopic (exact) mass is 419 g/mol. The second-order valence-electron chi connectivity index (χ2n) is 7.27. The Morgan fingerprint density at radius 2 is 1.65 bits per heavy atom. The largest absolute Gasteiger partial charge is 0.383 e. The van der Waals surface area contributed by atoms with E-state index in [2.05, 4.69) is 11.6 Å². The summed E-state index contributed by atoms with van der Waals surface area (Å²) in [5.74, 6) is 0.662. The number of anilines is 1. The zero-order chi connectivity index (χ0) is 21.9. The Morgan fingerprint density at radius 1 is 1.00 bits per heavy atom. The maximum Gasteiger partial charge on any atom is 0.255 e. The number of aromatic nitrogens is 2. The molecule has 0 radical (unpaired) electrons. The standard InChI is InChI=1S/C25H29N3O3/c1-2-24-27-23(26)17-25(29)28(24)15-13-22(31-19-21-11-7-4-8-12-21)14-16-30-18-20-9-5-3-6-10-20/h2-12,17,22H,1,13-16,18-19,26H2. The van der Waals surface area contributed by atoms with Gasteiger partial charge in [0.1, 0.15) is 11.6 Å². The van der Waals surface area contributed by atoms with E-state index in [0.29, 0.717) is 38.6 Å². The predicted octanol–water partition coefficient (Wildman–Crippen LogP) is 4.05. The van der Waals surface area contributed by atoms with Crippen LogP contribution in [0.1, 0.15) is 29.8 Å². The first-order chi connectivity index (χ1) is 15.2. The van der Waals surface area contributed by atoms with E-state index in [-0.39, 0.29) is 17.5 Å². The van der Waals surface area contributed by atoms with Crippen molar-refractivity contribution in [3.63, 3.8) is 0 Å². The molecule has 3 rings (SSSR count). The Hall–Kier alpha value is -3.22. The lowest BCUT2D eigenvalue weighted by molar-refractivity contribution is 0.00212. The van der Waals surface area contributed by atoms with E-state index in [1.54, 1.807) is 10.6 Å². The summed E-state index contributed by atoms with van der Waals surface area (Å²) in [7, 11) is 0. The lowest BCUT2D eigenvalue weighted by Crippen LogP contribution is -2.27. The molecule has 1 atom stereocenters. The molecule has 0 saturated heterocycles. The first-order valence-corrected chi connectivity index (χ1v) is 10.4. The molecular formula is C25H29N3O3. The zero-order valence-electron chi connectivity index (χ0n) is 17.7. The number of rotatable bonds is 12. The minimum atomic E-state index is -0.190. The number of ether oxygens (including phenoxy) is 2. The fourth-order valence-electron chi connectivity index (χ4n) is 3.27. The number of nitrogen functional groups attached to an aromatic ring is 1. The normalized spacial score (nSPS) is 11.9. The number of benzene rings is 2.